The van der Waals surface area contributed by atoms with Crippen LogP contribution in [0.3, 0.4) is 0 Å². The summed E-state index contributed by atoms with van der Waals surface area (Å²) in [6.45, 7) is 10.0. The van der Waals surface area contributed by atoms with Gasteiger partial charge in [0.1, 0.15) is 5.76 Å². The quantitative estimate of drug-likeness (QED) is 0.737. The molecular formula is C21H34N4O4. The zero-order valence-corrected chi connectivity index (χ0v) is 17.9. The Hall–Kier alpha value is -1.93. The lowest BCUT2D eigenvalue weighted by atomic mass is 9.98. The number of amides is 2. The number of nitrogens with one attached hydrogen (secondary N) is 1. The summed E-state index contributed by atoms with van der Waals surface area (Å²) in [5, 5.41) is 6.98. The smallest absolute Gasteiger partial charge is 0.224 e. The number of aromatic nitrogens is 1. The maximum Gasteiger partial charge on any atom is 0.224 e. The minimum atomic E-state index is -0.00211. The molecule has 0 spiro atoms. The molecule has 1 aromatic rings. The van der Waals surface area contributed by atoms with Crippen LogP contribution in [0.1, 0.15) is 49.6 Å². The second-order valence-electron chi connectivity index (χ2n) is 8.15. The van der Waals surface area contributed by atoms with Crippen LogP contribution in [0.15, 0.2) is 4.52 Å². The second kappa shape index (κ2) is 10.2. The number of rotatable bonds is 7. The van der Waals surface area contributed by atoms with Gasteiger partial charge in [0, 0.05) is 64.0 Å². The van der Waals surface area contributed by atoms with Gasteiger partial charge in [-0.1, -0.05) is 5.16 Å². The molecule has 3 rings (SSSR count). The molecule has 2 fully saturated rings. The number of hydrogen-bond donors (Lipinski definition) is 1. The van der Waals surface area contributed by atoms with Crippen molar-refractivity contribution in [3.05, 3.63) is 17.0 Å². The first-order valence-corrected chi connectivity index (χ1v) is 10.7. The molecule has 29 heavy (non-hydrogen) atoms. The molecule has 8 nitrogen and oxygen atoms in total. The minimum Gasteiger partial charge on any atom is -0.381 e. The summed E-state index contributed by atoms with van der Waals surface area (Å²) >= 11 is 0. The highest BCUT2D eigenvalue weighted by Crippen LogP contribution is 2.23. The first kappa shape index (κ1) is 21.8. The Morgan fingerprint density at radius 2 is 1.79 bits per heavy atom. The van der Waals surface area contributed by atoms with Gasteiger partial charge in [0.15, 0.2) is 0 Å². The fourth-order valence-corrected chi connectivity index (χ4v) is 4.49. The standard InChI is InChI=1S/C21H34N4O4/c1-15-20(16(2)29-23-15)14-21(27)22-8-11-25(19-6-12-28-13-7-19)18-4-9-24(10-5-18)17(3)26/h18-19H,4-14H2,1-3H3,(H,22,27). The van der Waals surface area contributed by atoms with Gasteiger partial charge in [-0.25, -0.2) is 0 Å². The third kappa shape index (κ3) is 5.79. The Morgan fingerprint density at radius 3 is 2.38 bits per heavy atom. The lowest BCUT2D eigenvalue weighted by Crippen LogP contribution is -2.53. The molecule has 1 N–H and O–H groups in total. The molecule has 0 aliphatic carbocycles. The largest absolute Gasteiger partial charge is 0.381 e. The van der Waals surface area contributed by atoms with E-state index in [0.29, 0.717) is 30.8 Å². The van der Waals surface area contributed by atoms with Crippen molar-refractivity contribution >= 4 is 11.8 Å². The number of likely N-dealkylation sites (tertiary alicyclic amines) is 1. The number of aryl methyl sites for hydroxylation is 2. The van der Waals surface area contributed by atoms with Gasteiger partial charge in [-0.15, -0.1) is 0 Å². The van der Waals surface area contributed by atoms with E-state index in [4.69, 9.17) is 9.26 Å². The molecule has 0 unspecified atom stereocenters. The fourth-order valence-electron chi connectivity index (χ4n) is 4.49. The molecule has 162 valence electrons. The predicted molar refractivity (Wildman–Crippen MR) is 109 cm³/mol. The zero-order chi connectivity index (χ0) is 20.8. The molecule has 0 radical (unpaired) electrons. The van der Waals surface area contributed by atoms with Crippen molar-refractivity contribution in [2.24, 2.45) is 0 Å². The van der Waals surface area contributed by atoms with Gasteiger partial charge in [-0.2, -0.15) is 0 Å². The van der Waals surface area contributed by atoms with Gasteiger partial charge >= 0.3 is 0 Å². The first-order chi connectivity index (χ1) is 14.0. The maximum absolute atomic E-state index is 12.4. The SMILES string of the molecule is CC(=O)N1CCC(N(CCNC(=O)Cc2c(C)noc2C)C2CCOCC2)CC1. The van der Waals surface area contributed by atoms with Gasteiger partial charge in [0.05, 0.1) is 12.1 Å². The van der Waals surface area contributed by atoms with Crippen LogP contribution in [-0.2, 0) is 20.7 Å². The topological polar surface area (TPSA) is 87.9 Å². The van der Waals surface area contributed by atoms with Gasteiger partial charge in [0.25, 0.3) is 0 Å². The van der Waals surface area contributed by atoms with E-state index >= 15 is 0 Å². The van der Waals surface area contributed by atoms with Crippen molar-refractivity contribution in [2.75, 3.05) is 39.4 Å². The number of ether oxygens (including phenoxy) is 1. The first-order valence-electron chi connectivity index (χ1n) is 10.7. The lowest BCUT2D eigenvalue weighted by Gasteiger charge is -2.43. The van der Waals surface area contributed by atoms with Gasteiger partial charge in [-0.3, -0.25) is 14.5 Å². The molecule has 2 aliphatic heterocycles. The van der Waals surface area contributed by atoms with E-state index in [-0.39, 0.29) is 11.8 Å². The highest BCUT2D eigenvalue weighted by atomic mass is 16.5. The van der Waals surface area contributed by atoms with Gasteiger partial charge in [-0.05, 0) is 39.5 Å². The Labute approximate surface area is 172 Å². The van der Waals surface area contributed by atoms with E-state index in [0.717, 1.165) is 69.8 Å². The molecule has 2 saturated heterocycles. The minimum absolute atomic E-state index is 0.00211. The monoisotopic (exact) mass is 406 g/mol. The normalized spacial score (nSPS) is 19.0. The van der Waals surface area contributed by atoms with E-state index in [1.807, 2.05) is 18.7 Å². The molecule has 1 aromatic heterocycles. The summed E-state index contributed by atoms with van der Waals surface area (Å²) in [6.07, 6.45) is 4.34. The average Bonchev–Trinajstić information content (AvgIpc) is 3.04. The molecular weight excluding hydrogens is 372 g/mol. The Bertz CT molecular complexity index is 671. The molecule has 3 heterocycles. The summed E-state index contributed by atoms with van der Waals surface area (Å²) in [4.78, 5) is 28.5. The number of hydrogen-bond acceptors (Lipinski definition) is 6. The van der Waals surface area contributed by atoms with E-state index < -0.39 is 0 Å². The highest BCUT2D eigenvalue weighted by molar-refractivity contribution is 5.79. The van der Waals surface area contributed by atoms with Crippen LogP contribution in [0, 0.1) is 13.8 Å². The molecule has 8 heteroatoms. The van der Waals surface area contributed by atoms with Crippen LogP contribution in [-0.4, -0.2) is 78.2 Å². The van der Waals surface area contributed by atoms with Crippen molar-refractivity contribution < 1.29 is 18.8 Å². The summed E-state index contributed by atoms with van der Waals surface area (Å²) in [6, 6.07) is 0.935. The summed E-state index contributed by atoms with van der Waals surface area (Å²) in [5.41, 5.74) is 1.65. The van der Waals surface area contributed by atoms with Crippen LogP contribution in [0.5, 0.6) is 0 Å². The Kier molecular flexibility index (Phi) is 7.66. The van der Waals surface area contributed by atoms with Crippen molar-refractivity contribution in [1.29, 1.82) is 0 Å². The average molecular weight is 407 g/mol. The number of piperidine rings is 1. The third-order valence-electron chi connectivity index (χ3n) is 6.25. The molecule has 0 atom stereocenters. The Balaban J connectivity index is 1.53. The summed E-state index contributed by atoms with van der Waals surface area (Å²) in [7, 11) is 0. The maximum atomic E-state index is 12.4. The predicted octanol–water partition coefficient (Wildman–Crippen LogP) is 1.44. The van der Waals surface area contributed by atoms with E-state index in [2.05, 4.69) is 15.4 Å². The summed E-state index contributed by atoms with van der Waals surface area (Å²) < 4.78 is 10.7. The number of carbonyl (C=O) groups is 2. The van der Waals surface area contributed by atoms with Crippen molar-refractivity contribution in [3.63, 3.8) is 0 Å². The van der Waals surface area contributed by atoms with Crippen LogP contribution in [0.4, 0.5) is 0 Å². The highest BCUT2D eigenvalue weighted by Gasteiger charge is 2.31. The third-order valence-corrected chi connectivity index (χ3v) is 6.25. The van der Waals surface area contributed by atoms with Crippen LogP contribution in [0.25, 0.3) is 0 Å². The van der Waals surface area contributed by atoms with E-state index in [9.17, 15) is 9.59 Å². The van der Waals surface area contributed by atoms with Crippen LogP contribution in [0.2, 0.25) is 0 Å². The molecule has 2 aliphatic rings. The number of carbonyl (C=O) groups excluding carboxylic acids is 2. The van der Waals surface area contributed by atoms with Crippen LogP contribution < -0.4 is 5.32 Å². The van der Waals surface area contributed by atoms with Gasteiger partial charge in [0.2, 0.25) is 11.8 Å². The molecule has 0 saturated carbocycles. The number of nitrogens with zero attached hydrogens (tertiary/aromatic N) is 3. The second-order valence-corrected chi connectivity index (χ2v) is 8.15. The lowest BCUT2D eigenvalue weighted by molar-refractivity contribution is -0.130. The van der Waals surface area contributed by atoms with Gasteiger partial charge < -0.3 is 19.5 Å². The van der Waals surface area contributed by atoms with Crippen molar-refractivity contribution in [2.45, 2.75) is 65.0 Å². The zero-order valence-electron chi connectivity index (χ0n) is 17.9. The van der Waals surface area contributed by atoms with Crippen LogP contribution >= 0.6 is 0 Å². The fraction of sp³-hybridized carbons (Fsp3) is 0.762. The van der Waals surface area contributed by atoms with Crippen molar-refractivity contribution in [1.82, 2.24) is 20.3 Å². The molecule has 0 bridgehead atoms. The molecule has 0 aromatic carbocycles. The Morgan fingerprint density at radius 1 is 1.14 bits per heavy atom. The summed E-state index contributed by atoms with van der Waals surface area (Å²) in [5.74, 6) is 0.865. The van der Waals surface area contributed by atoms with Crippen molar-refractivity contribution in [3.8, 4) is 0 Å². The molecule has 2 amide bonds. The van der Waals surface area contributed by atoms with E-state index in [1.54, 1.807) is 6.92 Å². The van der Waals surface area contributed by atoms with E-state index in [1.165, 1.54) is 0 Å².